The molecule has 0 radical (unpaired) electrons. The van der Waals surface area contributed by atoms with Crippen molar-refractivity contribution < 1.29 is 13.6 Å². The van der Waals surface area contributed by atoms with Crippen LogP contribution in [0.1, 0.15) is 6.92 Å². The fourth-order valence-corrected chi connectivity index (χ4v) is 2.59. The summed E-state index contributed by atoms with van der Waals surface area (Å²) in [5, 5.41) is 2.62. The summed E-state index contributed by atoms with van der Waals surface area (Å²) in [4.78, 5) is 12.9. The van der Waals surface area contributed by atoms with Crippen molar-refractivity contribution >= 4 is 35.0 Å². The minimum absolute atomic E-state index is 0.0371. The number of amides is 1. The SMILES string of the molecule is C[C@@H](Sc1ccc(Cl)cc1)C(=O)Nc1ccc(F)cc1F. The van der Waals surface area contributed by atoms with Crippen LogP contribution in [-0.4, -0.2) is 11.2 Å². The summed E-state index contributed by atoms with van der Waals surface area (Å²) in [6.45, 7) is 1.70. The molecule has 0 unspecified atom stereocenters. The van der Waals surface area contributed by atoms with E-state index in [2.05, 4.69) is 5.32 Å². The van der Waals surface area contributed by atoms with E-state index in [1.807, 2.05) is 0 Å². The first-order valence-corrected chi connectivity index (χ1v) is 7.39. The summed E-state index contributed by atoms with van der Waals surface area (Å²) >= 11 is 7.11. The lowest BCUT2D eigenvalue weighted by molar-refractivity contribution is -0.115. The van der Waals surface area contributed by atoms with Crippen molar-refractivity contribution in [2.45, 2.75) is 17.1 Å². The number of hydrogen-bond acceptors (Lipinski definition) is 2. The Morgan fingerprint density at radius 1 is 1.19 bits per heavy atom. The Balaban J connectivity index is 2.00. The molecule has 0 heterocycles. The summed E-state index contributed by atoms with van der Waals surface area (Å²) in [5.74, 6) is -1.85. The van der Waals surface area contributed by atoms with E-state index in [1.165, 1.54) is 17.8 Å². The predicted molar refractivity (Wildman–Crippen MR) is 81.8 cm³/mol. The number of benzene rings is 2. The van der Waals surface area contributed by atoms with Gasteiger partial charge in [0.25, 0.3) is 0 Å². The van der Waals surface area contributed by atoms with E-state index in [9.17, 15) is 13.6 Å². The third-order valence-corrected chi connectivity index (χ3v) is 4.05. The smallest absolute Gasteiger partial charge is 0.237 e. The van der Waals surface area contributed by atoms with Gasteiger partial charge in [0, 0.05) is 16.0 Å². The Hall–Kier alpha value is -1.59. The second kappa shape index (κ2) is 6.91. The van der Waals surface area contributed by atoms with Crippen molar-refractivity contribution in [1.82, 2.24) is 0 Å². The highest BCUT2D eigenvalue weighted by molar-refractivity contribution is 8.00. The molecule has 2 rings (SSSR count). The van der Waals surface area contributed by atoms with Crippen LogP contribution in [0.5, 0.6) is 0 Å². The van der Waals surface area contributed by atoms with E-state index in [0.29, 0.717) is 5.02 Å². The van der Waals surface area contributed by atoms with Gasteiger partial charge in [-0.15, -0.1) is 11.8 Å². The van der Waals surface area contributed by atoms with E-state index in [-0.39, 0.29) is 11.6 Å². The lowest BCUT2D eigenvalue weighted by atomic mass is 10.3. The quantitative estimate of drug-likeness (QED) is 0.822. The summed E-state index contributed by atoms with van der Waals surface area (Å²) in [7, 11) is 0. The van der Waals surface area contributed by atoms with Crippen molar-refractivity contribution in [3.05, 3.63) is 59.1 Å². The van der Waals surface area contributed by atoms with Gasteiger partial charge in [-0.2, -0.15) is 0 Å². The van der Waals surface area contributed by atoms with Crippen molar-refractivity contribution in [2.24, 2.45) is 0 Å². The van der Waals surface area contributed by atoms with Crippen molar-refractivity contribution in [3.8, 4) is 0 Å². The first kappa shape index (κ1) is 15.8. The Morgan fingerprint density at radius 3 is 2.48 bits per heavy atom. The molecule has 0 bridgehead atoms. The lowest BCUT2D eigenvalue weighted by Gasteiger charge is -2.12. The summed E-state index contributed by atoms with van der Waals surface area (Å²) in [6.07, 6.45) is 0. The summed E-state index contributed by atoms with van der Waals surface area (Å²) < 4.78 is 26.3. The molecule has 1 N–H and O–H groups in total. The Bertz CT molecular complexity index is 649. The van der Waals surface area contributed by atoms with Crippen LogP contribution in [0.2, 0.25) is 5.02 Å². The number of thioether (sulfide) groups is 1. The van der Waals surface area contributed by atoms with Gasteiger partial charge < -0.3 is 5.32 Å². The molecule has 0 saturated carbocycles. The van der Waals surface area contributed by atoms with Gasteiger partial charge in [0.05, 0.1) is 10.9 Å². The number of rotatable bonds is 4. The van der Waals surface area contributed by atoms with Gasteiger partial charge in [0.2, 0.25) is 5.91 Å². The van der Waals surface area contributed by atoms with Crippen LogP contribution in [0.3, 0.4) is 0 Å². The monoisotopic (exact) mass is 327 g/mol. The van der Waals surface area contributed by atoms with E-state index in [1.54, 1.807) is 31.2 Å². The first-order valence-electron chi connectivity index (χ1n) is 6.14. The molecule has 0 aliphatic carbocycles. The molecular weight excluding hydrogens is 316 g/mol. The molecule has 6 heteroatoms. The van der Waals surface area contributed by atoms with Crippen molar-refractivity contribution in [3.63, 3.8) is 0 Å². The minimum Gasteiger partial charge on any atom is -0.323 e. The van der Waals surface area contributed by atoms with Crippen molar-refractivity contribution in [2.75, 3.05) is 5.32 Å². The van der Waals surface area contributed by atoms with E-state index in [0.717, 1.165) is 17.0 Å². The van der Waals surface area contributed by atoms with Crippen LogP contribution in [-0.2, 0) is 4.79 Å². The number of carbonyl (C=O) groups is 1. The topological polar surface area (TPSA) is 29.1 Å². The average Bonchev–Trinajstić information content (AvgIpc) is 2.44. The summed E-state index contributed by atoms with van der Waals surface area (Å²) in [6, 6.07) is 10.1. The van der Waals surface area contributed by atoms with Crippen LogP contribution in [0.4, 0.5) is 14.5 Å². The van der Waals surface area contributed by atoms with E-state index in [4.69, 9.17) is 11.6 Å². The van der Waals surface area contributed by atoms with Gasteiger partial charge in [-0.1, -0.05) is 11.6 Å². The lowest BCUT2D eigenvalue weighted by Crippen LogP contribution is -2.22. The maximum Gasteiger partial charge on any atom is 0.237 e. The normalized spacial score (nSPS) is 12.0. The fraction of sp³-hybridized carbons (Fsp3) is 0.133. The zero-order valence-corrected chi connectivity index (χ0v) is 12.6. The van der Waals surface area contributed by atoms with Gasteiger partial charge in [-0.25, -0.2) is 8.78 Å². The fourth-order valence-electron chi connectivity index (χ4n) is 1.60. The largest absolute Gasteiger partial charge is 0.323 e. The third kappa shape index (κ3) is 4.44. The third-order valence-electron chi connectivity index (χ3n) is 2.68. The Morgan fingerprint density at radius 2 is 1.86 bits per heavy atom. The van der Waals surface area contributed by atoms with Crippen LogP contribution in [0, 0.1) is 11.6 Å². The molecule has 1 amide bonds. The molecule has 0 aliphatic heterocycles. The molecular formula is C15H12ClF2NOS. The number of hydrogen-bond donors (Lipinski definition) is 1. The van der Waals surface area contributed by atoms with Gasteiger partial charge >= 0.3 is 0 Å². The molecule has 0 fully saturated rings. The molecule has 0 saturated heterocycles. The van der Waals surface area contributed by atoms with Crippen molar-refractivity contribution in [1.29, 1.82) is 0 Å². The Kier molecular flexibility index (Phi) is 5.20. The van der Waals surface area contributed by atoms with Gasteiger partial charge in [0.1, 0.15) is 11.6 Å². The number of halogens is 3. The second-order valence-corrected chi connectivity index (χ2v) is 6.18. The maximum atomic E-state index is 13.5. The molecule has 0 aromatic heterocycles. The molecule has 2 nitrogen and oxygen atoms in total. The van der Waals surface area contributed by atoms with Crippen LogP contribution >= 0.6 is 23.4 Å². The predicted octanol–water partition coefficient (Wildman–Crippen LogP) is 4.74. The van der Waals surface area contributed by atoms with E-state index < -0.39 is 16.9 Å². The highest BCUT2D eigenvalue weighted by Gasteiger charge is 2.16. The van der Waals surface area contributed by atoms with Gasteiger partial charge in [-0.3, -0.25) is 4.79 Å². The molecule has 2 aromatic carbocycles. The Labute approximate surface area is 130 Å². The van der Waals surface area contributed by atoms with Gasteiger partial charge in [-0.05, 0) is 43.3 Å². The number of anilines is 1. The summed E-state index contributed by atoms with van der Waals surface area (Å²) in [5.41, 5.74) is -0.0371. The van der Waals surface area contributed by atoms with Gasteiger partial charge in [0.15, 0.2) is 0 Å². The average molecular weight is 328 g/mol. The standard InChI is InChI=1S/C15H12ClF2NOS/c1-9(21-12-5-2-10(16)3-6-12)15(20)19-14-7-4-11(17)8-13(14)18/h2-9H,1H3,(H,19,20)/t9-/m1/s1. The highest BCUT2D eigenvalue weighted by atomic mass is 35.5. The second-order valence-electron chi connectivity index (χ2n) is 4.33. The highest BCUT2D eigenvalue weighted by Crippen LogP contribution is 2.26. The number of nitrogens with one attached hydrogen (secondary N) is 1. The molecule has 21 heavy (non-hydrogen) atoms. The van der Waals surface area contributed by atoms with Crippen LogP contribution in [0.15, 0.2) is 47.4 Å². The molecule has 110 valence electrons. The van der Waals surface area contributed by atoms with Crippen LogP contribution in [0.25, 0.3) is 0 Å². The molecule has 0 spiro atoms. The zero-order chi connectivity index (χ0) is 15.4. The molecule has 1 atom stereocenters. The molecule has 0 aliphatic rings. The maximum absolute atomic E-state index is 13.5. The van der Waals surface area contributed by atoms with Crippen LogP contribution < -0.4 is 5.32 Å². The molecule has 2 aromatic rings. The zero-order valence-electron chi connectivity index (χ0n) is 11.1. The number of carbonyl (C=O) groups excluding carboxylic acids is 1. The van der Waals surface area contributed by atoms with E-state index >= 15 is 0 Å². The first-order chi connectivity index (χ1) is 9.95. The minimum atomic E-state index is -0.799.